The smallest absolute Gasteiger partial charge is 0.245 e. The van der Waals surface area contributed by atoms with Crippen LogP contribution in [0.3, 0.4) is 0 Å². The Bertz CT molecular complexity index is 804. The zero-order valence-electron chi connectivity index (χ0n) is 16.5. The van der Waals surface area contributed by atoms with E-state index in [1.54, 1.807) is 0 Å². The Morgan fingerprint density at radius 2 is 1.89 bits per heavy atom. The van der Waals surface area contributed by atoms with E-state index in [2.05, 4.69) is 10.3 Å². The van der Waals surface area contributed by atoms with Gasteiger partial charge < -0.3 is 19.9 Å². The van der Waals surface area contributed by atoms with Gasteiger partial charge in [0.25, 0.3) is 0 Å². The number of aromatic amines is 1. The molecule has 27 heavy (non-hydrogen) atoms. The van der Waals surface area contributed by atoms with Crippen LogP contribution in [-0.4, -0.2) is 53.0 Å². The summed E-state index contributed by atoms with van der Waals surface area (Å²) in [5, 5.41) is 4.04. The first-order valence-electron chi connectivity index (χ1n) is 9.64. The summed E-state index contributed by atoms with van der Waals surface area (Å²) in [5.41, 5.74) is 2.06. The standard InChI is InChI=1S/C21H29N3O3/c1-13(2)20(25)23-19(21(26)24-11-14(3)27-15(4)12-24)9-16-10-22-18-8-6-5-7-17(16)18/h5-8,10,13-15,19,22H,9,11-12H2,1-4H3,(H,23,25)/t14-,15+,19-/m1/s1. The first kappa shape index (κ1) is 19.4. The van der Waals surface area contributed by atoms with Gasteiger partial charge in [-0.05, 0) is 25.5 Å². The summed E-state index contributed by atoms with van der Waals surface area (Å²) in [7, 11) is 0. The minimum absolute atomic E-state index is 0.00719. The highest BCUT2D eigenvalue weighted by atomic mass is 16.5. The Labute approximate surface area is 160 Å². The number of benzene rings is 1. The van der Waals surface area contributed by atoms with Crippen LogP contribution in [-0.2, 0) is 20.7 Å². The van der Waals surface area contributed by atoms with Crippen LogP contribution in [0.4, 0.5) is 0 Å². The molecule has 1 aromatic carbocycles. The fraction of sp³-hybridized carbons (Fsp3) is 0.524. The van der Waals surface area contributed by atoms with Gasteiger partial charge in [0.1, 0.15) is 6.04 Å². The molecule has 2 N–H and O–H groups in total. The Kier molecular flexibility index (Phi) is 5.85. The number of para-hydroxylation sites is 1. The molecule has 146 valence electrons. The fourth-order valence-corrected chi connectivity index (χ4v) is 3.64. The second kappa shape index (κ2) is 8.13. The molecule has 2 heterocycles. The van der Waals surface area contributed by atoms with E-state index in [1.165, 1.54) is 0 Å². The van der Waals surface area contributed by atoms with Crippen molar-refractivity contribution in [1.82, 2.24) is 15.2 Å². The molecule has 1 aromatic heterocycles. The van der Waals surface area contributed by atoms with Crippen molar-refractivity contribution in [2.24, 2.45) is 5.92 Å². The lowest BCUT2D eigenvalue weighted by atomic mass is 10.0. The number of morpholine rings is 1. The number of amides is 2. The Morgan fingerprint density at radius 3 is 2.56 bits per heavy atom. The Hall–Kier alpha value is -2.34. The maximum Gasteiger partial charge on any atom is 0.245 e. The second-order valence-corrected chi connectivity index (χ2v) is 7.78. The number of nitrogens with one attached hydrogen (secondary N) is 2. The van der Waals surface area contributed by atoms with Crippen LogP contribution >= 0.6 is 0 Å². The molecule has 3 atom stereocenters. The topological polar surface area (TPSA) is 74.4 Å². The summed E-state index contributed by atoms with van der Waals surface area (Å²) in [6.45, 7) is 8.70. The predicted octanol–water partition coefficient (Wildman–Crippen LogP) is 2.49. The van der Waals surface area contributed by atoms with Gasteiger partial charge in [0.05, 0.1) is 12.2 Å². The molecule has 0 bridgehead atoms. The van der Waals surface area contributed by atoms with Crippen molar-refractivity contribution in [1.29, 1.82) is 0 Å². The normalized spacial score (nSPS) is 21.4. The van der Waals surface area contributed by atoms with Crippen LogP contribution in [0.15, 0.2) is 30.5 Å². The number of rotatable bonds is 5. The van der Waals surface area contributed by atoms with E-state index >= 15 is 0 Å². The number of ether oxygens (including phenoxy) is 1. The Morgan fingerprint density at radius 1 is 1.22 bits per heavy atom. The lowest BCUT2D eigenvalue weighted by Gasteiger charge is -2.37. The van der Waals surface area contributed by atoms with Gasteiger partial charge in [-0.15, -0.1) is 0 Å². The molecule has 0 unspecified atom stereocenters. The highest BCUT2D eigenvalue weighted by molar-refractivity contribution is 5.90. The van der Waals surface area contributed by atoms with Gasteiger partial charge in [-0.1, -0.05) is 32.0 Å². The first-order chi connectivity index (χ1) is 12.8. The summed E-state index contributed by atoms with van der Waals surface area (Å²) in [4.78, 5) is 30.7. The third-order valence-electron chi connectivity index (χ3n) is 4.97. The number of fused-ring (bicyclic) bond motifs is 1. The van der Waals surface area contributed by atoms with Crippen LogP contribution in [0.25, 0.3) is 10.9 Å². The van der Waals surface area contributed by atoms with Gasteiger partial charge in [-0.3, -0.25) is 9.59 Å². The molecule has 1 fully saturated rings. The number of hydrogen-bond acceptors (Lipinski definition) is 3. The number of hydrogen-bond donors (Lipinski definition) is 2. The highest BCUT2D eigenvalue weighted by Crippen LogP contribution is 2.21. The van der Waals surface area contributed by atoms with E-state index in [9.17, 15) is 9.59 Å². The van der Waals surface area contributed by atoms with Gasteiger partial charge in [0.15, 0.2) is 0 Å². The van der Waals surface area contributed by atoms with Gasteiger partial charge in [0.2, 0.25) is 11.8 Å². The summed E-state index contributed by atoms with van der Waals surface area (Å²) < 4.78 is 5.74. The van der Waals surface area contributed by atoms with Crippen LogP contribution in [0, 0.1) is 5.92 Å². The highest BCUT2D eigenvalue weighted by Gasteiger charge is 2.32. The van der Waals surface area contributed by atoms with Crippen LogP contribution < -0.4 is 5.32 Å². The third kappa shape index (κ3) is 4.50. The minimum atomic E-state index is -0.586. The summed E-state index contributed by atoms with van der Waals surface area (Å²) in [6, 6.07) is 7.41. The molecule has 0 aliphatic carbocycles. The van der Waals surface area contributed by atoms with E-state index in [1.807, 2.05) is 63.1 Å². The van der Waals surface area contributed by atoms with Crippen LogP contribution in [0.5, 0.6) is 0 Å². The van der Waals surface area contributed by atoms with Crippen molar-refractivity contribution in [3.05, 3.63) is 36.0 Å². The van der Waals surface area contributed by atoms with Crippen molar-refractivity contribution in [2.45, 2.75) is 52.4 Å². The molecule has 1 aliphatic heterocycles. The van der Waals surface area contributed by atoms with Gasteiger partial charge in [0, 0.05) is 42.5 Å². The average molecular weight is 371 g/mol. The number of nitrogens with zero attached hydrogens (tertiary/aromatic N) is 1. The van der Waals surface area contributed by atoms with Gasteiger partial charge in [-0.2, -0.15) is 0 Å². The second-order valence-electron chi connectivity index (χ2n) is 7.78. The zero-order chi connectivity index (χ0) is 19.6. The molecule has 1 saturated heterocycles. The SMILES string of the molecule is CC(C)C(=O)N[C@H](Cc1c[nH]c2ccccc12)C(=O)N1C[C@@H](C)O[C@@H](C)C1. The number of carbonyl (C=O) groups is 2. The number of H-pyrrole nitrogens is 1. The van der Waals surface area contributed by atoms with Crippen molar-refractivity contribution in [3.8, 4) is 0 Å². The molecule has 6 heteroatoms. The van der Waals surface area contributed by atoms with Crippen molar-refractivity contribution >= 4 is 22.7 Å². The predicted molar refractivity (Wildman–Crippen MR) is 105 cm³/mol. The molecule has 2 amide bonds. The molecule has 2 aromatic rings. The van der Waals surface area contributed by atoms with E-state index < -0.39 is 6.04 Å². The van der Waals surface area contributed by atoms with Gasteiger partial charge >= 0.3 is 0 Å². The van der Waals surface area contributed by atoms with Crippen molar-refractivity contribution < 1.29 is 14.3 Å². The summed E-state index contributed by atoms with van der Waals surface area (Å²) in [5.74, 6) is -0.329. The molecular formula is C21H29N3O3. The molecule has 6 nitrogen and oxygen atoms in total. The fourth-order valence-electron chi connectivity index (χ4n) is 3.64. The number of aromatic nitrogens is 1. The quantitative estimate of drug-likeness (QED) is 0.848. The molecule has 0 radical (unpaired) electrons. The minimum Gasteiger partial charge on any atom is -0.372 e. The summed E-state index contributed by atoms with van der Waals surface area (Å²) in [6.07, 6.45) is 2.37. The van der Waals surface area contributed by atoms with Crippen molar-refractivity contribution in [2.75, 3.05) is 13.1 Å². The van der Waals surface area contributed by atoms with Crippen LogP contribution in [0.1, 0.15) is 33.3 Å². The summed E-state index contributed by atoms with van der Waals surface area (Å²) >= 11 is 0. The average Bonchev–Trinajstić information content (AvgIpc) is 3.02. The monoisotopic (exact) mass is 371 g/mol. The van der Waals surface area contributed by atoms with E-state index in [4.69, 9.17) is 4.74 Å². The lowest BCUT2D eigenvalue weighted by Crippen LogP contribution is -2.56. The third-order valence-corrected chi connectivity index (χ3v) is 4.97. The largest absolute Gasteiger partial charge is 0.372 e. The van der Waals surface area contributed by atoms with Crippen molar-refractivity contribution in [3.63, 3.8) is 0 Å². The zero-order valence-corrected chi connectivity index (χ0v) is 16.5. The Balaban J connectivity index is 1.84. The maximum absolute atomic E-state index is 13.3. The lowest BCUT2D eigenvalue weighted by molar-refractivity contribution is -0.147. The first-order valence-corrected chi connectivity index (χ1v) is 9.64. The molecule has 0 saturated carbocycles. The van der Waals surface area contributed by atoms with Gasteiger partial charge in [-0.25, -0.2) is 0 Å². The van der Waals surface area contributed by atoms with E-state index in [0.29, 0.717) is 19.5 Å². The molecule has 0 spiro atoms. The van der Waals surface area contributed by atoms with E-state index in [0.717, 1.165) is 16.5 Å². The number of carbonyl (C=O) groups excluding carboxylic acids is 2. The molecule has 1 aliphatic rings. The van der Waals surface area contributed by atoms with E-state index in [-0.39, 0.29) is 29.9 Å². The van der Waals surface area contributed by atoms with Crippen LogP contribution in [0.2, 0.25) is 0 Å². The molecular weight excluding hydrogens is 342 g/mol. The molecule has 3 rings (SSSR count). The maximum atomic E-state index is 13.3.